The molecule has 4 nitrogen and oxygen atoms in total. The minimum atomic E-state index is 1.03. The van der Waals surface area contributed by atoms with Crippen LogP contribution in [-0.2, 0) is 6.54 Å². The van der Waals surface area contributed by atoms with Gasteiger partial charge in [-0.05, 0) is 17.7 Å². The monoisotopic (exact) mass is 292 g/mol. The zero-order chi connectivity index (χ0) is 14.8. The highest BCUT2D eigenvalue weighted by molar-refractivity contribution is 5.90. The number of rotatable bonds is 3. The molecule has 3 aromatic rings. The third-order valence-electron chi connectivity index (χ3n) is 4.38. The number of hydrogen-bond acceptors (Lipinski definition) is 3. The summed E-state index contributed by atoms with van der Waals surface area (Å²) >= 11 is 0. The fourth-order valence-corrected chi connectivity index (χ4v) is 3.18. The maximum atomic E-state index is 4.60. The minimum Gasteiger partial charge on any atom is -0.361 e. The lowest BCUT2D eigenvalue weighted by Gasteiger charge is -2.35. The molecule has 0 radical (unpaired) electrons. The summed E-state index contributed by atoms with van der Waals surface area (Å²) in [7, 11) is 0. The molecule has 22 heavy (non-hydrogen) atoms. The molecule has 3 heterocycles. The number of aromatic nitrogens is 2. The molecule has 1 fully saturated rings. The molecule has 0 saturated carbocycles. The van der Waals surface area contributed by atoms with Gasteiger partial charge < -0.3 is 9.88 Å². The van der Waals surface area contributed by atoms with Gasteiger partial charge in [0.2, 0.25) is 0 Å². The van der Waals surface area contributed by atoms with E-state index in [2.05, 4.69) is 56.2 Å². The first-order chi connectivity index (χ1) is 10.9. The number of fused-ring (bicyclic) bond motifs is 1. The highest BCUT2D eigenvalue weighted by Crippen LogP contribution is 2.24. The minimum absolute atomic E-state index is 1.03. The van der Waals surface area contributed by atoms with Crippen molar-refractivity contribution >= 4 is 16.7 Å². The Morgan fingerprint density at radius 3 is 2.59 bits per heavy atom. The SMILES string of the molecule is c1ccc(CN2CCN(c3nccc4[nH]ccc34)CC2)cc1. The summed E-state index contributed by atoms with van der Waals surface area (Å²) in [6.45, 7) is 5.26. The molecule has 0 atom stereocenters. The van der Waals surface area contributed by atoms with Crippen molar-refractivity contribution in [1.82, 2.24) is 14.9 Å². The van der Waals surface area contributed by atoms with Crippen molar-refractivity contribution < 1.29 is 0 Å². The van der Waals surface area contributed by atoms with E-state index in [4.69, 9.17) is 0 Å². The van der Waals surface area contributed by atoms with Crippen molar-refractivity contribution in [3.63, 3.8) is 0 Å². The Balaban J connectivity index is 1.45. The number of hydrogen-bond donors (Lipinski definition) is 1. The number of H-pyrrole nitrogens is 1. The third kappa shape index (κ3) is 2.57. The summed E-state index contributed by atoms with van der Waals surface area (Å²) in [5.74, 6) is 1.11. The lowest BCUT2D eigenvalue weighted by molar-refractivity contribution is 0.249. The van der Waals surface area contributed by atoms with Crippen molar-refractivity contribution in [2.45, 2.75) is 6.54 Å². The number of nitrogens with zero attached hydrogens (tertiary/aromatic N) is 3. The van der Waals surface area contributed by atoms with Crippen LogP contribution in [0, 0.1) is 0 Å². The van der Waals surface area contributed by atoms with E-state index >= 15 is 0 Å². The van der Waals surface area contributed by atoms with Gasteiger partial charge in [-0.3, -0.25) is 4.90 Å². The second kappa shape index (κ2) is 5.81. The molecule has 4 heteroatoms. The molecule has 112 valence electrons. The van der Waals surface area contributed by atoms with Crippen LogP contribution in [0.25, 0.3) is 10.9 Å². The van der Waals surface area contributed by atoms with Gasteiger partial charge in [-0.1, -0.05) is 30.3 Å². The van der Waals surface area contributed by atoms with Gasteiger partial charge in [0.25, 0.3) is 0 Å². The molecule has 0 spiro atoms. The van der Waals surface area contributed by atoms with E-state index < -0.39 is 0 Å². The first-order valence-electron chi connectivity index (χ1n) is 7.83. The largest absolute Gasteiger partial charge is 0.361 e. The molecule has 0 aliphatic carbocycles. The average Bonchev–Trinajstić information content (AvgIpc) is 3.05. The molecule has 4 rings (SSSR count). The van der Waals surface area contributed by atoms with Crippen LogP contribution in [0.3, 0.4) is 0 Å². The fourth-order valence-electron chi connectivity index (χ4n) is 3.18. The number of anilines is 1. The molecule has 0 bridgehead atoms. The molecule has 1 aliphatic rings. The van der Waals surface area contributed by atoms with Gasteiger partial charge in [0, 0.05) is 50.5 Å². The Hall–Kier alpha value is -2.33. The Bertz CT molecular complexity index is 742. The van der Waals surface area contributed by atoms with Crippen molar-refractivity contribution in [3.05, 3.63) is 60.4 Å². The topological polar surface area (TPSA) is 35.2 Å². The molecule has 1 aliphatic heterocycles. The van der Waals surface area contributed by atoms with Crippen LogP contribution in [-0.4, -0.2) is 41.0 Å². The summed E-state index contributed by atoms with van der Waals surface area (Å²) in [5.41, 5.74) is 2.55. The van der Waals surface area contributed by atoms with Crippen LogP contribution in [0.1, 0.15) is 5.56 Å². The third-order valence-corrected chi connectivity index (χ3v) is 4.38. The summed E-state index contributed by atoms with van der Waals surface area (Å²) in [5, 5.41) is 1.22. The smallest absolute Gasteiger partial charge is 0.138 e. The van der Waals surface area contributed by atoms with Crippen LogP contribution >= 0.6 is 0 Å². The predicted molar refractivity (Wildman–Crippen MR) is 90.0 cm³/mol. The van der Waals surface area contributed by atoms with Gasteiger partial charge in [0.1, 0.15) is 5.82 Å². The summed E-state index contributed by atoms with van der Waals surface area (Å²) in [6.07, 6.45) is 3.88. The van der Waals surface area contributed by atoms with Crippen molar-refractivity contribution in [2.75, 3.05) is 31.1 Å². The van der Waals surface area contributed by atoms with Crippen LogP contribution in [0.2, 0.25) is 0 Å². The van der Waals surface area contributed by atoms with E-state index in [0.717, 1.165) is 44.1 Å². The van der Waals surface area contributed by atoms with E-state index in [9.17, 15) is 0 Å². The van der Waals surface area contributed by atoms with E-state index in [-0.39, 0.29) is 0 Å². The standard InChI is InChI=1S/C18H20N4/c1-2-4-15(5-3-1)14-21-10-12-22(13-11-21)18-16-6-8-19-17(16)7-9-20-18/h1-9,19H,10-14H2. The van der Waals surface area contributed by atoms with E-state index in [0.29, 0.717) is 0 Å². The van der Waals surface area contributed by atoms with E-state index in [1.54, 1.807) is 0 Å². The highest BCUT2D eigenvalue weighted by atomic mass is 15.3. The molecular weight excluding hydrogens is 272 g/mol. The second-order valence-electron chi connectivity index (χ2n) is 5.82. The molecular formula is C18H20N4. The van der Waals surface area contributed by atoms with E-state index in [1.165, 1.54) is 10.9 Å². The summed E-state index contributed by atoms with van der Waals surface area (Å²) < 4.78 is 0. The highest BCUT2D eigenvalue weighted by Gasteiger charge is 2.19. The van der Waals surface area contributed by atoms with Gasteiger partial charge in [-0.15, -0.1) is 0 Å². The van der Waals surface area contributed by atoms with Crippen LogP contribution < -0.4 is 4.90 Å². The van der Waals surface area contributed by atoms with Gasteiger partial charge in [0.15, 0.2) is 0 Å². The van der Waals surface area contributed by atoms with Gasteiger partial charge >= 0.3 is 0 Å². The molecule has 2 aromatic heterocycles. The summed E-state index contributed by atoms with van der Waals surface area (Å²) in [4.78, 5) is 12.8. The van der Waals surface area contributed by atoms with Crippen LogP contribution in [0.15, 0.2) is 54.9 Å². The summed E-state index contributed by atoms with van der Waals surface area (Å²) in [6, 6.07) is 14.9. The fraction of sp³-hybridized carbons (Fsp3) is 0.278. The zero-order valence-corrected chi connectivity index (χ0v) is 12.6. The number of benzene rings is 1. The first kappa shape index (κ1) is 13.3. The second-order valence-corrected chi connectivity index (χ2v) is 5.82. The van der Waals surface area contributed by atoms with Crippen LogP contribution in [0.5, 0.6) is 0 Å². The maximum absolute atomic E-state index is 4.60. The van der Waals surface area contributed by atoms with Gasteiger partial charge in [0.05, 0.1) is 5.52 Å². The van der Waals surface area contributed by atoms with Crippen molar-refractivity contribution in [3.8, 4) is 0 Å². The van der Waals surface area contributed by atoms with Gasteiger partial charge in [-0.2, -0.15) is 0 Å². The van der Waals surface area contributed by atoms with Gasteiger partial charge in [-0.25, -0.2) is 4.98 Å². The Morgan fingerprint density at radius 2 is 1.77 bits per heavy atom. The number of aromatic amines is 1. The molecule has 0 amide bonds. The Labute approximate surface area is 130 Å². The van der Waals surface area contributed by atoms with Crippen molar-refractivity contribution in [2.24, 2.45) is 0 Å². The number of pyridine rings is 1. The molecule has 0 unspecified atom stereocenters. The number of piperazine rings is 1. The quantitative estimate of drug-likeness (QED) is 0.806. The predicted octanol–water partition coefficient (Wildman–Crippen LogP) is 2.89. The normalized spacial score (nSPS) is 16.3. The molecule has 1 saturated heterocycles. The Kier molecular flexibility index (Phi) is 3.52. The van der Waals surface area contributed by atoms with Crippen molar-refractivity contribution in [1.29, 1.82) is 0 Å². The first-order valence-corrected chi connectivity index (χ1v) is 7.83. The van der Waals surface area contributed by atoms with E-state index in [1.807, 2.05) is 18.5 Å². The Morgan fingerprint density at radius 1 is 0.955 bits per heavy atom. The average molecular weight is 292 g/mol. The lowest BCUT2D eigenvalue weighted by Crippen LogP contribution is -2.46. The lowest BCUT2D eigenvalue weighted by atomic mass is 10.2. The maximum Gasteiger partial charge on any atom is 0.138 e. The molecule has 1 N–H and O–H groups in total. The zero-order valence-electron chi connectivity index (χ0n) is 12.6. The van der Waals surface area contributed by atoms with Crippen LogP contribution in [0.4, 0.5) is 5.82 Å². The number of nitrogens with one attached hydrogen (secondary N) is 1. The molecule has 1 aromatic carbocycles.